The fourth-order valence-electron chi connectivity index (χ4n) is 1.34. The molecule has 1 aliphatic rings. The second-order valence-electron chi connectivity index (χ2n) is 3.53. The van der Waals surface area contributed by atoms with Crippen LogP contribution in [-0.4, -0.2) is 33.8 Å². The van der Waals surface area contributed by atoms with Crippen LogP contribution in [0.3, 0.4) is 0 Å². The maximum atomic E-state index is 11.4. The summed E-state index contributed by atoms with van der Waals surface area (Å²) in [6, 6.07) is 0. The zero-order valence-corrected chi connectivity index (χ0v) is 9.65. The molecule has 2 N–H and O–H groups in total. The largest absolute Gasteiger partial charge is 0.313 e. The Hall–Kier alpha value is -0.650. The number of rotatable bonds is 6. The van der Waals surface area contributed by atoms with E-state index in [2.05, 4.69) is 16.6 Å². The maximum absolute atomic E-state index is 11.4. The highest BCUT2D eigenvalue weighted by molar-refractivity contribution is 7.89. The quantitative estimate of drug-likeness (QED) is 0.649. The van der Waals surface area contributed by atoms with Crippen LogP contribution in [0.4, 0.5) is 0 Å². The molecule has 0 spiro atoms. The van der Waals surface area contributed by atoms with Crippen molar-refractivity contribution in [2.24, 2.45) is 0 Å². The Balaban J connectivity index is 2.34. The Kier molecular flexibility index (Phi) is 5.01. The van der Waals surface area contributed by atoms with E-state index in [4.69, 9.17) is 0 Å². The highest BCUT2D eigenvalue weighted by Crippen LogP contribution is 2.03. The van der Waals surface area contributed by atoms with E-state index in [0.717, 1.165) is 25.1 Å². The van der Waals surface area contributed by atoms with Crippen molar-refractivity contribution in [2.75, 3.05) is 25.4 Å². The van der Waals surface area contributed by atoms with Crippen molar-refractivity contribution in [1.29, 1.82) is 0 Å². The lowest BCUT2D eigenvalue weighted by molar-refractivity contribution is 0.582. The summed E-state index contributed by atoms with van der Waals surface area (Å²) in [5.74, 6) is 0.127. The zero-order valence-electron chi connectivity index (χ0n) is 8.83. The molecule has 0 unspecified atom stereocenters. The smallest absolute Gasteiger partial charge is 0.212 e. The normalized spacial score (nSPS) is 17.2. The van der Waals surface area contributed by atoms with Gasteiger partial charge in [-0.1, -0.05) is 17.7 Å². The number of hydrogen-bond donors (Lipinski definition) is 2. The number of allylic oxidation sites excluding steroid dienone is 1. The average Bonchev–Trinajstić information content (AvgIpc) is 2.25. The molecule has 0 atom stereocenters. The molecule has 0 saturated carbocycles. The standard InChI is InChI=1S/C10H18N2O2S/c1-2-3-8-15(13,14)12-9-10-4-6-11-7-5-10/h2,4,11-12H,1,3,5-9H2. The van der Waals surface area contributed by atoms with Crippen LogP contribution in [0.15, 0.2) is 24.3 Å². The van der Waals surface area contributed by atoms with Gasteiger partial charge >= 0.3 is 0 Å². The van der Waals surface area contributed by atoms with Crippen molar-refractivity contribution in [3.8, 4) is 0 Å². The van der Waals surface area contributed by atoms with Crippen LogP contribution in [0, 0.1) is 0 Å². The third-order valence-corrected chi connectivity index (χ3v) is 3.63. The summed E-state index contributed by atoms with van der Waals surface area (Å²) >= 11 is 0. The van der Waals surface area contributed by atoms with Crippen LogP contribution in [0.1, 0.15) is 12.8 Å². The summed E-state index contributed by atoms with van der Waals surface area (Å²) < 4.78 is 25.5. The van der Waals surface area contributed by atoms with Crippen LogP contribution < -0.4 is 10.0 Å². The Morgan fingerprint density at radius 1 is 1.60 bits per heavy atom. The molecule has 0 aromatic heterocycles. The molecule has 0 saturated heterocycles. The summed E-state index contributed by atoms with van der Waals surface area (Å²) in [5, 5.41) is 3.18. The number of sulfonamides is 1. The monoisotopic (exact) mass is 230 g/mol. The van der Waals surface area contributed by atoms with Gasteiger partial charge in [-0.2, -0.15) is 0 Å². The van der Waals surface area contributed by atoms with E-state index in [-0.39, 0.29) is 5.75 Å². The summed E-state index contributed by atoms with van der Waals surface area (Å²) in [5.41, 5.74) is 1.16. The highest BCUT2D eigenvalue weighted by Gasteiger charge is 2.10. The Bertz CT molecular complexity index is 333. The van der Waals surface area contributed by atoms with Gasteiger partial charge in [-0.05, 0) is 19.4 Å². The van der Waals surface area contributed by atoms with Gasteiger partial charge in [0.1, 0.15) is 0 Å². The molecular formula is C10H18N2O2S. The molecule has 0 aromatic carbocycles. The average molecular weight is 230 g/mol. The minimum Gasteiger partial charge on any atom is -0.313 e. The zero-order chi connectivity index (χ0) is 11.1. The van der Waals surface area contributed by atoms with Crippen molar-refractivity contribution in [2.45, 2.75) is 12.8 Å². The van der Waals surface area contributed by atoms with Crippen molar-refractivity contribution in [3.05, 3.63) is 24.3 Å². The molecule has 1 aliphatic heterocycles. The summed E-state index contributed by atoms with van der Waals surface area (Å²) in [7, 11) is -3.13. The van der Waals surface area contributed by atoms with Crippen molar-refractivity contribution >= 4 is 10.0 Å². The van der Waals surface area contributed by atoms with Gasteiger partial charge in [0.15, 0.2) is 0 Å². The molecule has 0 radical (unpaired) electrons. The molecule has 0 bridgehead atoms. The molecule has 1 rings (SSSR count). The van der Waals surface area contributed by atoms with Crippen LogP contribution in [0.2, 0.25) is 0 Å². The second kappa shape index (κ2) is 6.05. The van der Waals surface area contributed by atoms with Gasteiger partial charge in [-0.25, -0.2) is 13.1 Å². The van der Waals surface area contributed by atoms with E-state index >= 15 is 0 Å². The van der Waals surface area contributed by atoms with E-state index in [1.807, 2.05) is 6.08 Å². The van der Waals surface area contributed by atoms with Gasteiger partial charge in [-0.15, -0.1) is 6.58 Å². The van der Waals surface area contributed by atoms with Gasteiger partial charge in [0.2, 0.25) is 10.0 Å². The first-order valence-corrected chi connectivity index (χ1v) is 6.76. The molecule has 86 valence electrons. The first kappa shape index (κ1) is 12.4. The first-order chi connectivity index (χ1) is 7.14. The third-order valence-electron chi connectivity index (χ3n) is 2.27. The molecule has 1 heterocycles. The van der Waals surface area contributed by atoms with Gasteiger partial charge in [0.05, 0.1) is 5.75 Å². The van der Waals surface area contributed by atoms with Crippen molar-refractivity contribution in [1.82, 2.24) is 10.0 Å². The molecule has 0 fully saturated rings. The lowest BCUT2D eigenvalue weighted by atomic mass is 10.1. The van der Waals surface area contributed by atoms with Crippen LogP contribution in [0.25, 0.3) is 0 Å². The first-order valence-electron chi connectivity index (χ1n) is 5.11. The summed E-state index contributed by atoms with van der Waals surface area (Å²) in [4.78, 5) is 0. The summed E-state index contributed by atoms with van der Waals surface area (Å²) in [6.07, 6.45) is 5.07. The Labute approximate surface area is 91.5 Å². The van der Waals surface area contributed by atoms with Crippen LogP contribution in [-0.2, 0) is 10.0 Å². The van der Waals surface area contributed by atoms with E-state index in [1.165, 1.54) is 0 Å². The van der Waals surface area contributed by atoms with Crippen molar-refractivity contribution < 1.29 is 8.42 Å². The predicted molar refractivity (Wildman–Crippen MR) is 62.2 cm³/mol. The van der Waals surface area contributed by atoms with Gasteiger partial charge in [0.25, 0.3) is 0 Å². The van der Waals surface area contributed by atoms with Gasteiger partial charge < -0.3 is 5.32 Å². The van der Waals surface area contributed by atoms with E-state index in [1.54, 1.807) is 6.08 Å². The van der Waals surface area contributed by atoms with E-state index in [9.17, 15) is 8.42 Å². The Morgan fingerprint density at radius 2 is 2.40 bits per heavy atom. The molecule has 15 heavy (non-hydrogen) atoms. The molecule has 0 aliphatic carbocycles. The van der Waals surface area contributed by atoms with Gasteiger partial charge in [0, 0.05) is 13.1 Å². The lowest BCUT2D eigenvalue weighted by Crippen LogP contribution is -2.31. The molecule has 0 amide bonds. The topological polar surface area (TPSA) is 58.2 Å². The Morgan fingerprint density at radius 3 is 3.00 bits per heavy atom. The lowest BCUT2D eigenvalue weighted by Gasteiger charge is -2.14. The predicted octanol–water partition coefficient (Wildman–Crippen LogP) is 0.402. The van der Waals surface area contributed by atoms with Gasteiger partial charge in [-0.3, -0.25) is 0 Å². The molecule has 5 heteroatoms. The minimum atomic E-state index is -3.13. The fraction of sp³-hybridized carbons (Fsp3) is 0.600. The summed E-state index contributed by atoms with van der Waals surface area (Å²) in [6.45, 7) is 5.72. The van der Waals surface area contributed by atoms with E-state index < -0.39 is 10.0 Å². The minimum absolute atomic E-state index is 0.127. The highest BCUT2D eigenvalue weighted by atomic mass is 32.2. The molecular weight excluding hydrogens is 212 g/mol. The fourth-order valence-corrected chi connectivity index (χ4v) is 2.37. The second-order valence-corrected chi connectivity index (χ2v) is 5.46. The maximum Gasteiger partial charge on any atom is 0.212 e. The third kappa shape index (κ3) is 5.11. The van der Waals surface area contributed by atoms with Crippen LogP contribution >= 0.6 is 0 Å². The van der Waals surface area contributed by atoms with Crippen LogP contribution in [0.5, 0.6) is 0 Å². The van der Waals surface area contributed by atoms with Crippen molar-refractivity contribution in [3.63, 3.8) is 0 Å². The number of hydrogen-bond acceptors (Lipinski definition) is 3. The molecule has 0 aromatic rings. The SMILES string of the molecule is C=CCCS(=O)(=O)NCC1=CCNCC1. The number of nitrogens with one attached hydrogen (secondary N) is 2. The molecule has 4 nitrogen and oxygen atoms in total. The van der Waals surface area contributed by atoms with E-state index in [0.29, 0.717) is 13.0 Å².